The van der Waals surface area contributed by atoms with Crippen LogP contribution in [0.5, 0.6) is 5.75 Å². The molecule has 2 fully saturated rings. The standard InChI is InChI=1S/C29H30N2O8/c1-12(32)13-4-6-14(7-5-13)16-8-9-19(33)21-17(16)10-15-11-18-23(31(2)3)25(35)22(28(30)38)27(37)29(18,39)26(36)20(15)24(21)34/h4-9,15,18,20,22-23,25,33,35,39H,10-11H2,1-3H3,(H2,30,38)/t15-,18-,20?,22?,23-,25?,29-/m1/s1. The number of carbonyl (C=O) groups is 5. The molecule has 10 heteroatoms. The topological polar surface area (TPSA) is 175 Å². The molecule has 204 valence electrons. The van der Waals surface area contributed by atoms with Crippen LogP contribution in [-0.4, -0.2) is 81.1 Å². The number of benzene rings is 2. The number of hydrogen-bond donors (Lipinski definition) is 4. The lowest BCUT2D eigenvalue weighted by atomic mass is 9.52. The maximum Gasteiger partial charge on any atom is 0.230 e. The van der Waals surface area contributed by atoms with E-state index >= 15 is 0 Å². The van der Waals surface area contributed by atoms with E-state index in [1.165, 1.54) is 13.0 Å². The van der Waals surface area contributed by atoms with Gasteiger partial charge < -0.3 is 26.0 Å². The van der Waals surface area contributed by atoms with Crippen molar-refractivity contribution in [1.82, 2.24) is 4.90 Å². The Bertz CT molecular complexity index is 1430. The third kappa shape index (κ3) is 3.77. The molecule has 3 aliphatic carbocycles. The summed E-state index contributed by atoms with van der Waals surface area (Å²) < 4.78 is 0. The molecule has 5 rings (SSSR count). The average Bonchev–Trinajstić information content (AvgIpc) is 2.86. The molecule has 0 radical (unpaired) electrons. The number of amides is 1. The summed E-state index contributed by atoms with van der Waals surface area (Å²) in [5.41, 5.74) is 5.04. The first-order chi connectivity index (χ1) is 18.3. The van der Waals surface area contributed by atoms with E-state index in [2.05, 4.69) is 0 Å². The van der Waals surface area contributed by atoms with Crippen LogP contribution in [0.2, 0.25) is 0 Å². The second-order valence-corrected chi connectivity index (χ2v) is 11.1. The van der Waals surface area contributed by atoms with Gasteiger partial charge in [-0.1, -0.05) is 30.3 Å². The molecule has 1 amide bonds. The number of likely N-dealkylation sites (N-methyl/N-ethyl adjacent to an activating group) is 1. The number of hydrogen-bond acceptors (Lipinski definition) is 9. The fourth-order valence-corrected chi connectivity index (χ4v) is 6.98. The lowest BCUT2D eigenvalue weighted by Gasteiger charge is -2.54. The summed E-state index contributed by atoms with van der Waals surface area (Å²) in [6.07, 6.45) is -1.33. The van der Waals surface area contributed by atoms with Crippen LogP contribution in [0.3, 0.4) is 0 Å². The van der Waals surface area contributed by atoms with Gasteiger partial charge in [-0.25, -0.2) is 0 Å². The Hall–Kier alpha value is -3.73. The molecule has 7 atom stereocenters. The lowest BCUT2D eigenvalue weighted by molar-refractivity contribution is -0.190. The van der Waals surface area contributed by atoms with Crippen molar-refractivity contribution in [2.24, 2.45) is 29.4 Å². The van der Waals surface area contributed by atoms with Crippen LogP contribution < -0.4 is 5.73 Å². The predicted octanol–water partition coefficient (Wildman–Crippen LogP) is 0.528. The van der Waals surface area contributed by atoms with Crippen molar-refractivity contribution in [3.05, 3.63) is 53.1 Å². The summed E-state index contributed by atoms with van der Waals surface area (Å²) in [5.74, 6) is -9.50. The first-order valence-corrected chi connectivity index (χ1v) is 12.8. The summed E-state index contributed by atoms with van der Waals surface area (Å²) >= 11 is 0. The van der Waals surface area contributed by atoms with E-state index in [0.29, 0.717) is 22.3 Å². The number of nitrogens with zero attached hydrogens (tertiary/aromatic N) is 1. The Balaban J connectivity index is 1.63. The molecule has 2 aromatic rings. The molecule has 3 unspecified atom stereocenters. The number of Topliss-reactive ketones (excluding diaryl/α,β-unsaturated/α-hetero) is 4. The highest BCUT2D eigenvalue weighted by molar-refractivity contribution is 6.25. The van der Waals surface area contributed by atoms with Crippen LogP contribution in [-0.2, 0) is 20.8 Å². The quantitative estimate of drug-likeness (QED) is 0.322. The number of fused-ring (bicyclic) bond motifs is 3. The number of ketones is 4. The molecule has 39 heavy (non-hydrogen) atoms. The predicted molar refractivity (Wildman–Crippen MR) is 138 cm³/mol. The number of primary amides is 1. The zero-order chi connectivity index (χ0) is 28.5. The summed E-state index contributed by atoms with van der Waals surface area (Å²) in [4.78, 5) is 66.5. The lowest BCUT2D eigenvalue weighted by Crippen LogP contribution is -2.75. The molecule has 2 aromatic carbocycles. The molecule has 5 N–H and O–H groups in total. The maximum atomic E-state index is 13.9. The Morgan fingerprint density at radius 2 is 1.67 bits per heavy atom. The molecule has 2 saturated carbocycles. The Morgan fingerprint density at radius 3 is 2.23 bits per heavy atom. The third-order valence-electron chi connectivity index (χ3n) is 8.78. The number of rotatable bonds is 4. The molecule has 10 nitrogen and oxygen atoms in total. The van der Waals surface area contributed by atoms with Crippen LogP contribution in [0, 0.1) is 23.7 Å². The second-order valence-electron chi connectivity index (χ2n) is 11.1. The summed E-state index contributed by atoms with van der Waals surface area (Å²) in [6, 6.07) is 8.87. The summed E-state index contributed by atoms with van der Waals surface area (Å²) in [5, 5.41) is 33.3. The van der Waals surface area contributed by atoms with Gasteiger partial charge in [-0.2, -0.15) is 0 Å². The minimum Gasteiger partial charge on any atom is -0.507 e. The van der Waals surface area contributed by atoms with E-state index in [9.17, 15) is 39.3 Å². The highest BCUT2D eigenvalue weighted by Gasteiger charge is 2.69. The van der Waals surface area contributed by atoms with Gasteiger partial charge in [0.15, 0.2) is 28.7 Å². The van der Waals surface area contributed by atoms with Crippen LogP contribution in [0.25, 0.3) is 11.1 Å². The third-order valence-corrected chi connectivity index (χ3v) is 8.78. The van der Waals surface area contributed by atoms with Crippen molar-refractivity contribution in [1.29, 1.82) is 0 Å². The number of aliphatic hydroxyl groups is 2. The SMILES string of the molecule is CC(=O)c1ccc(-c2ccc(O)c3c2C[C@@H]2C[C@@H]4[C@@H](N(C)C)C(O)C(C(N)=O)C(=O)[C@]4(O)C(=O)C2C3=O)cc1. The average molecular weight is 535 g/mol. The molecule has 0 spiro atoms. The minimum atomic E-state index is -2.70. The van der Waals surface area contributed by atoms with E-state index in [1.54, 1.807) is 49.3 Å². The van der Waals surface area contributed by atoms with Gasteiger partial charge in [-0.15, -0.1) is 0 Å². The molecule has 0 bridgehead atoms. The smallest absolute Gasteiger partial charge is 0.230 e. The van der Waals surface area contributed by atoms with Gasteiger partial charge in [0.25, 0.3) is 0 Å². The van der Waals surface area contributed by atoms with Crippen LogP contribution in [0.1, 0.15) is 39.6 Å². The van der Waals surface area contributed by atoms with Crippen molar-refractivity contribution < 1.29 is 39.3 Å². The van der Waals surface area contributed by atoms with E-state index in [-0.39, 0.29) is 29.9 Å². The number of aromatic hydroxyl groups is 1. The van der Waals surface area contributed by atoms with Gasteiger partial charge >= 0.3 is 0 Å². The molecular weight excluding hydrogens is 504 g/mol. The molecule has 0 aromatic heterocycles. The zero-order valence-electron chi connectivity index (χ0n) is 21.7. The Morgan fingerprint density at radius 1 is 1.03 bits per heavy atom. The van der Waals surface area contributed by atoms with Crippen molar-refractivity contribution >= 4 is 29.0 Å². The number of phenolic OH excluding ortho intramolecular Hbond substituents is 1. The Kier molecular flexibility index (Phi) is 6.32. The molecule has 0 heterocycles. The van der Waals surface area contributed by atoms with Crippen LogP contribution in [0.15, 0.2) is 36.4 Å². The number of nitrogens with two attached hydrogens (primary N) is 1. The highest BCUT2D eigenvalue weighted by atomic mass is 16.3. The van der Waals surface area contributed by atoms with E-state index < -0.39 is 64.7 Å². The number of aliphatic hydroxyl groups excluding tert-OH is 1. The maximum absolute atomic E-state index is 13.9. The Labute approximate surface area is 224 Å². The molecule has 0 saturated heterocycles. The fraction of sp³-hybridized carbons (Fsp3) is 0.414. The fourth-order valence-electron chi connectivity index (χ4n) is 6.98. The highest BCUT2D eigenvalue weighted by Crippen LogP contribution is 2.52. The van der Waals surface area contributed by atoms with Gasteiger partial charge in [0.2, 0.25) is 5.91 Å². The first-order valence-electron chi connectivity index (χ1n) is 12.8. The van der Waals surface area contributed by atoms with Gasteiger partial charge in [0, 0.05) is 17.5 Å². The second kappa shape index (κ2) is 9.18. The first kappa shape index (κ1) is 26.9. The molecule has 0 aliphatic heterocycles. The molecule has 3 aliphatic rings. The monoisotopic (exact) mass is 534 g/mol. The van der Waals surface area contributed by atoms with Crippen molar-refractivity contribution in [3.63, 3.8) is 0 Å². The van der Waals surface area contributed by atoms with E-state index in [1.807, 2.05) is 0 Å². The van der Waals surface area contributed by atoms with Crippen molar-refractivity contribution in [3.8, 4) is 16.9 Å². The van der Waals surface area contributed by atoms with Crippen molar-refractivity contribution in [2.45, 2.75) is 37.5 Å². The van der Waals surface area contributed by atoms with Gasteiger partial charge in [-0.3, -0.25) is 24.0 Å². The number of carbonyl (C=O) groups excluding carboxylic acids is 5. The van der Waals surface area contributed by atoms with E-state index in [4.69, 9.17) is 5.73 Å². The largest absolute Gasteiger partial charge is 0.507 e. The minimum absolute atomic E-state index is 0.0353. The summed E-state index contributed by atoms with van der Waals surface area (Å²) in [7, 11) is 3.20. The van der Waals surface area contributed by atoms with E-state index in [0.717, 1.165) is 0 Å². The van der Waals surface area contributed by atoms with Crippen molar-refractivity contribution in [2.75, 3.05) is 14.1 Å². The zero-order valence-corrected chi connectivity index (χ0v) is 21.7. The number of phenols is 1. The molecular formula is C29H30N2O8. The van der Waals surface area contributed by atoms with Crippen LogP contribution in [0.4, 0.5) is 0 Å². The van der Waals surface area contributed by atoms with Gasteiger partial charge in [0.1, 0.15) is 11.7 Å². The van der Waals surface area contributed by atoms with Crippen LogP contribution >= 0.6 is 0 Å². The van der Waals surface area contributed by atoms with Gasteiger partial charge in [0.05, 0.1) is 17.6 Å². The van der Waals surface area contributed by atoms with Gasteiger partial charge in [-0.05, 0) is 62.5 Å². The summed E-state index contributed by atoms with van der Waals surface area (Å²) in [6.45, 7) is 1.46. The normalized spacial score (nSPS) is 31.9.